The van der Waals surface area contributed by atoms with Gasteiger partial charge in [0.2, 0.25) is 0 Å². The normalized spacial score (nSPS) is 30.7. The van der Waals surface area contributed by atoms with Crippen molar-refractivity contribution in [3.05, 3.63) is 35.4 Å². The Balaban J connectivity index is 2.09. The van der Waals surface area contributed by atoms with Crippen LogP contribution >= 0.6 is 0 Å². The minimum absolute atomic E-state index is 0.333. The highest BCUT2D eigenvalue weighted by atomic mass is 16.3. The van der Waals surface area contributed by atoms with E-state index in [9.17, 15) is 5.11 Å². The Hall–Kier alpha value is -0.860. The molecule has 2 heteroatoms. The molecule has 0 aromatic heterocycles. The van der Waals surface area contributed by atoms with Gasteiger partial charge in [0.15, 0.2) is 0 Å². The largest absolute Gasteiger partial charge is 0.389 e. The lowest BCUT2D eigenvalue weighted by atomic mass is 9.87. The standard InChI is InChI=1S/C13H19NO/c1-10-4-3-5-11(6-10)7-12-8-14-9-13(12,2)15/h3-6,12,14-15H,7-9H2,1-2H3. The zero-order valence-electron chi connectivity index (χ0n) is 9.46. The first kappa shape index (κ1) is 10.7. The van der Waals surface area contributed by atoms with Crippen LogP contribution in [0.25, 0.3) is 0 Å². The van der Waals surface area contributed by atoms with Crippen molar-refractivity contribution >= 4 is 0 Å². The molecule has 1 heterocycles. The van der Waals surface area contributed by atoms with Crippen LogP contribution < -0.4 is 5.32 Å². The molecule has 0 spiro atoms. The Kier molecular flexibility index (Phi) is 2.81. The lowest BCUT2D eigenvalue weighted by Crippen LogP contribution is -2.34. The van der Waals surface area contributed by atoms with Gasteiger partial charge in [-0.2, -0.15) is 0 Å². The monoisotopic (exact) mass is 205 g/mol. The number of aryl methyl sites for hydroxylation is 1. The average Bonchev–Trinajstić information content (AvgIpc) is 2.46. The second-order valence-electron chi connectivity index (χ2n) is 4.88. The van der Waals surface area contributed by atoms with Gasteiger partial charge in [0.1, 0.15) is 0 Å². The lowest BCUT2D eigenvalue weighted by molar-refractivity contribution is 0.0363. The van der Waals surface area contributed by atoms with Crippen LogP contribution in [0.5, 0.6) is 0 Å². The summed E-state index contributed by atoms with van der Waals surface area (Å²) in [4.78, 5) is 0. The Morgan fingerprint density at radius 2 is 2.33 bits per heavy atom. The topological polar surface area (TPSA) is 32.3 Å². The smallest absolute Gasteiger partial charge is 0.0786 e. The maximum atomic E-state index is 10.1. The van der Waals surface area contributed by atoms with Crippen LogP contribution in [0.4, 0.5) is 0 Å². The van der Waals surface area contributed by atoms with Crippen LogP contribution in [0.3, 0.4) is 0 Å². The predicted octanol–water partition coefficient (Wildman–Crippen LogP) is 1.51. The molecule has 0 amide bonds. The number of hydrogen-bond donors (Lipinski definition) is 2. The summed E-state index contributed by atoms with van der Waals surface area (Å²) in [5.74, 6) is 0.333. The van der Waals surface area contributed by atoms with Gasteiger partial charge in [-0.05, 0) is 25.8 Å². The Bertz CT molecular complexity index is 346. The molecular formula is C13H19NO. The van der Waals surface area contributed by atoms with E-state index in [1.165, 1.54) is 11.1 Å². The van der Waals surface area contributed by atoms with Crippen LogP contribution in [0.15, 0.2) is 24.3 Å². The summed E-state index contributed by atoms with van der Waals surface area (Å²) in [6.07, 6.45) is 0.960. The van der Waals surface area contributed by atoms with E-state index in [4.69, 9.17) is 0 Å². The van der Waals surface area contributed by atoms with Crippen LogP contribution in [0.2, 0.25) is 0 Å². The zero-order valence-corrected chi connectivity index (χ0v) is 9.46. The van der Waals surface area contributed by atoms with Crippen molar-refractivity contribution in [2.75, 3.05) is 13.1 Å². The molecular weight excluding hydrogens is 186 g/mol. The molecule has 82 valence electrons. The molecule has 1 aliphatic heterocycles. The van der Waals surface area contributed by atoms with Gasteiger partial charge < -0.3 is 10.4 Å². The molecule has 2 N–H and O–H groups in total. The molecule has 1 aromatic carbocycles. The minimum Gasteiger partial charge on any atom is -0.389 e. The van der Waals surface area contributed by atoms with Crippen molar-refractivity contribution < 1.29 is 5.11 Å². The summed E-state index contributed by atoms with van der Waals surface area (Å²) in [5, 5.41) is 13.4. The van der Waals surface area contributed by atoms with Gasteiger partial charge in [0.05, 0.1) is 5.60 Å². The minimum atomic E-state index is -0.552. The molecule has 1 saturated heterocycles. The molecule has 2 unspecified atom stereocenters. The second kappa shape index (κ2) is 3.95. The second-order valence-corrected chi connectivity index (χ2v) is 4.88. The molecule has 1 aliphatic rings. The van der Waals surface area contributed by atoms with Crippen LogP contribution in [-0.2, 0) is 6.42 Å². The van der Waals surface area contributed by atoms with Crippen molar-refractivity contribution in [3.63, 3.8) is 0 Å². The summed E-state index contributed by atoms with van der Waals surface area (Å²) in [7, 11) is 0. The Morgan fingerprint density at radius 1 is 1.53 bits per heavy atom. The number of β-amino-alcohol motifs (C(OH)–C–C–N with tert-alkyl or cyclic N) is 1. The van der Waals surface area contributed by atoms with Gasteiger partial charge in [-0.1, -0.05) is 29.8 Å². The van der Waals surface area contributed by atoms with E-state index in [0.717, 1.165) is 13.0 Å². The third-order valence-corrected chi connectivity index (χ3v) is 3.32. The van der Waals surface area contributed by atoms with E-state index in [-0.39, 0.29) is 0 Å². The van der Waals surface area contributed by atoms with E-state index < -0.39 is 5.60 Å². The fourth-order valence-corrected chi connectivity index (χ4v) is 2.28. The summed E-state index contributed by atoms with van der Waals surface area (Å²) in [6, 6.07) is 8.53. The maximum absolute atomic E-state index is 10.1. The number of benzene rings is 1. The highest BCUT2D eigenvalue weighted by Gasteiger charge is 2.36. The van der Waals surface area contributed by atoms with Gasteiger partial charge in [0.25, 0.3) is 0 Å². The van der Waals surface area contributed by atoms with Gasteiger partial charge in [-0.3, -0.25) is 0 Å². The summed E-state index contributed by atoms with van der Waals surface area (Å²) < 4.78 is 0. The fraction of sp³-hybridized carbons (Fsp3) is 0.538. The molecule has 0 aliphatic carbocycles. The van der Waals surface area contributed by atoms with E-state index in [1.807, 2.05) is 6.92 Å². The maximum Gasteiger partial charge on any atom is 0.0786 e. The van der Waals surface area contributed by atoms with Crippen LogP contribution in [0, 0.1) is 12.8 Å². The number of rotatable bonds is 2. The average molecular weight is 205 g/mol. The van der Waals surface area contributed by atoms with Crippen molar-refractivity contribution in [2.45, 2.75) is 25.9 Å². The summed E-state index contributed by atoms with van der Waals surface area (Å²) >= 11 is 0. The third kappa shape index (κ3) is 2.39. The summed E-state index contributed by atoms with van der Waals surface area (Å²) in [6.45, 7) is 5.66. The molecule has 0 radical (unpaired) electrons. The van der Waals surface area contributed by atoms with E-state index in [2.05, 4.69) is 36.5 Å². The molecule has 2 atom stereocenters. The van der Waals surface area contributed by atoms with Gasteiger partial charge in [-0.25, -0.2) is 0 Å². The first-order valence-electron chi connectivity index (χ1n) is 5.56. The lowest BCUT2D eigenvalue weighted by Gasteiger charge is -2.24. The molecule has 2 rings (SSSR count). The first-order valence-corrected chi connectivity index (χ1v) is 5.56. The highest BCUT2D eigenvalue weighted by Crippen LogP contribution is 2.25. The van der Waals surface area contributed by atoms with Gasteiger partial charge in [-0.15, -0.1) is 0 Å². The molecule has 0 bridgehead atoms. The highest BCUT2D eigenvalue weighted by molar-refractivity contribution is 5.23. The number of hydrogen-bond acceptors (Lipinski definition) is 2. The van der Waals surface area contributed by atoms with Gasteiger partial charge in [0, 0.05) is 19.0 Å². The Morgan fingerprint density at radius 3 is 2.93 bits per heavy atom. The Labute approximate surface area is 91.3 Å². The number of nitrogens with one attached hydrogen (secondary N) is 1. The van der Waals surface area contributed by atoms with E-state index in [0.29, 0.717) is 12.5 Å². The van der Waals surface area contributed by atoms with Crippen molar-refractivity contribution in [1.29, 1.82) is 0 Å². The van der Waals surface area contributed by atoms with Crippen molar-refractivity contribution in [3.8, 4) is 0 Å². The molecule has 0 saturated carbocycles. The van der Waals surface area contributed by atoms with E-state index >= 15 is 0 Å². The third-order valence-electron chi connectivity index (χ3n) is 3.32. The summed E-state index contributed by atoms with van der Waals surface area (Å²) in [5.41, 5.74) is 2.06. The van der Waals surface area contributed by atoms with Crippen LogP contribution in [-0.4, -0.2) is 23.8 Å². The molecule has 1 fully saturated rings. The predicted molar refractivity (Wildman–Crippen MR) is 61.9 cm³/mol. The molecule has 2 nitrogen and oxygen atoms in total. The number of aliphatic hydroxyl groups is 1. The SMILES string of the molecule is Cc1cccc(CC2CNCC2(C)O)c1. The van der Waals surface area contributed by atoms with Crippen molar-refractivity contribution in [1.82, 2.24) is 5.32 Å². The fourth-order valence-electron chi connectivity index (χ4n) is 2.28. The zero-order chi connectivity index (χ0) is 10.9. The molecule has 15 heavy (non-hydrogen) atoms. The quantitative estimate of drug-likeness (QED) is 0.767. The van der Waals surface area contributed by atoms with E-state index in [1.54, 1.807) is 0 Å². The first-order chi connectivity index (χ1) is 7.08. The van der Waals surface area contributed by atoms with Crippen LogP contribution in [0.1, 0.15) is 18.1 Å². The van der Waals surface area contributed by atoms with Gasteiger partial charge >= 0.3 is 0 Å². The molecule has 1 aromatic rings. The van der Waals surface area contributed by atoms with Crippen molar-refractivity contribution in [2.24, 2.45) is 5.92 Å².